The Morgan fingerprint density at radius 1 is 1.32 bits per heavy atom. The summed E-state index contributed by atoms with van der Waals surface area (Å²) in [4.78, 5) is 14.6. The summed E-state index contributed by atoms with van der Waals surface area (Å²) in [5.41, 5.74) is 1.22. The van der Waals surface area contributed by atoms with Crippen LogP contribution in [0.25, 0.3) is 0 Å². The Bertz CT molecular complexity index is 455. The van der Waals surface area contributed by atoms with Gasteiger partial charge in [-0.15, -0.1) is 0 Å². The van der Waals surface area contributed by atoms with Gasteiger partial charge in [-0.1, -0.05) is 30.3 Å². The summed E-state index contributed by atoms with van der Waals surface area (Å²) in [6, 6.07) is 10.6. The molecule has 3 nitrogen and oxygen atoms in total. The lowest BCUT2D eigenvalue weighted by molar-refractivity contribution is -0.132. The van der Waals surface area contributed by atoms with Gasteiger partial charge in [0.05, 0.1) is 12.2 Å². The average molecular weight is 258 g/mol. The van der Waals surface area contributed by atoms with E-state index in [0.717, 1.165) is 12.3 Å². The van der Waals surface area contributed by atoms with E-state index in [1.165, 1.54) is 18.4 Å². The minimum absolute atomic E-state index is 0.0569. The van der Waals surface area contributed by atoms with Crippen LogP contribution in [0.3, 0.4) is 0 Å². The van der Waals surface area contributed by atoms with Crippen LogP contribution in [0.1, 0.15) is 32.3 Å². The summed E-state index contributed by atoms with van der Waals surface area (Å²) in [6.45, 7) is 4.29. The lowest BCUT2D eigenvalue weighted by Gasteiger charge is -2.28. The van der Waals surface area contributed by atoms with Crippen LogP contribution >= 0.6 is 0 Å². The van der Waals surface area contributed by atoms with Crippen LogP contribution in [-0.2, 0) is 11.2 Å². The first-order chi connectivity index (χ1) is 9.16. The molecule has 0 bridgehead atoms. The van der Waals surface area contributed by atoms with Crippen molar-refractivity contribution >= 4 is 5.91 Å². The summed E-state index contributed by atoms with van der Waals surface area (Å²) in [5, 5.41) is 3.44. The maximum absolute atomic E-state index is 12.6. The Balaban J connectivity index is 1.69. The van der Waals surface area contributed by atoms with Crippen molar-refractivity contribution in [3.63, 3.8) is 0 Å². The molecule has 1 aliphatic heterocycles. The molecule has 1 amide bonds. The van der Waals surface area contributed by atoms with Gasteiger partial charge in [0, 0.05) is 6.04 Å². The first kappa shape index (κ1) is 12.7. The fraction of sp³-hybridized carbons (Fsp3) is 0.562. The summed E-state index contributed by atoms with van der Waals surface area (Å²) in [7, 11) is 0. The predicted octanol–water partition coefficient (Wildman–Crippen LogP) is 2.17. The quantitative estimate of drug-likeness (QED) is 0.897. The van der Waals surface area contributed by atoms with Crippen molar-refractivity contribution in [3.8, 4) is 0 Å². The minimum Gasteiger partial charge on any atom is -0.323 e. The third-order valence-electron chi connectivity index (χ3n) is 4.44. The first-order valence-corrected chi connectivity index (χ1v) is 7.29. The van der Waals surface area contributed by atoms with E-state index < -0.39 is 0 Å². The minimum atomic E-state index is -0.0569. The largest absolute Gasteiger partial charge is 0.323 e. The van der Waals surface area contributed by atoms with Crippen LogP contribution in [0.15, 0.2) is 30.3 Å². The van der Waals surface area contributed by atoms with E-state index in [0.29, 0.717) is 6.04 Å². The maximum Gasteiger partial charge on any atom is 0.241 e. The Labute approximate surface area is 115 Å². The van der Waals surface area contributed by atoms with Crippen LogP contribution in [0, 0.1) is 5.92 Å². The van der Waals surface area contributed by atoms with Crippen molar-refractivity contribution in [2.75, 3.05) is 0 Å². The molecule has 3 heteroatoms. The molecule has 3 rings (SSSR count). The highest BCUT2D eigenvalue weighted by molar-refractivity contribution is 5.85. The van der Waals surface area contributed by atoms with Gasteiger partial charge in [0.25, 0.3) is 0 Å². The molecule has 1 saturated heterocycles. The third-order valence-corrected chi connectivity index (χ3v) is 4.44. The number of carbonyl (C=O) groups is 1. The van der Waals surface area contributed by atoms with E-state index in [4.69, 9.17) is 0 Å². The zero-order valence-corrected chi connectivity index (χ0v) is 11.7. The van der Waals surface area contributed by atoms with Gasteiger partial charge in [0.2, 0.25) is 5.91 Å². The SMILES string of the molecule is CC1NC(Cc2ccccc2)C(=O)N1C(C)C1CC1. The number of carbonyl (C=O) groups excluding carboxylic acids is 1. The van der Waals surface area contributed by atoms with Gasteiger partial charge in [-0.25, -0.2) is 0 Å². The van der Waals surface area contributed by atoms with Crippen LogP contribution in [0.2, 0.25) is 0 Å². The van der Waals surface area contributed by atoms with Crippen LogP contribution in [-0.4, -0.2) is 29.1 Å². The second kappa shape index (κ2) is 4.97. The molecule has 102 valence electrons. The molecule has 1 N–H and O–H groups in total. The van der Waals surface area contributed by atoms with Crippen LogP contribution in [0.4, 0.5) is 0 Å². The lowest BCUT2D eigenvalue weighted by Crippen LogP contribution is -2.42. The van der Waals surface area contributed by atoms with Crippen molar-refractivity contribution < 1.29 is 4.79 Å². The molecule has 19 heavy (non-hydrogen) atoms. The first-order valence-electron chi connectivity index (χ1n) is 7.29. The molecule has 3 atom stereocenters. The standard InChI is InChI=1S/C16H22N2O/c1-11(14-8-9-14)18-12(2)17-15(16(18)19)10-13-6-4-3-5-7-13/h3-7,11-12,14-15,17H,8-10H2,1-2H3. The van der Waals surface area contributed by atoms with Gasteiger partial charge >= 0.3 is 0 Å². The van der Waals surface area contributed by atoms with Gasteiger partial charge in [0.15, 0.2) is 0 Å². The lowest BCUT2D eigenvalue weighted by atomic mass is 10.1. The van der Waals surface area contributed by atoms with Crippen LogP contribution < -0.4 is 5.32 Å². The van der Waals surface area contributed by atoms with Gasteiger partial charge in [-0.05, 0) is 44.6 Å². The summed E-state index contributed by atoms with van der Waals surface area (Å²) in [5.74, 6) is 0.999. The van der Waals surface area contributed by atoms with E-state index in [1.807, 2.05) is 18.2 Å². The van der Waals surface area contributed by atoms with Crippen LogP contribution in [0.5, 0.6) is 0 Å². The summed E-state index contributed by atoms with van der Waals surface area (Å²) < 4.78 is 0. The molecule has 1 aromatic rings. The molecule has 0 aromatic heterocycles. The molecule has 1 heterocycles. The second-order valence-electron chi connectivity index (χ2n) is 5.91. The Morgan fingerprint density at radius 2 is 2.00 bits per heavy atom. The highest BCUT2D eigenvalue weighted by Gasteiger charge is 2.43. The summed E-state index contributed by atoms with van der Waals surface area (Å²) >= 11 is 0. The maximum atomic E-state index is 12.6. The number of benzene rings is 1. The van der Waals surface area contributed by atoms with Crippen molar-refractivity contribution in [1.82, 2.24) is 10.2 Å². The zero-order valence-electron chi connectivity index (χ0n) is 11.7. The molecular formula is C16H22N2O. The Hall–Kier alpha value is -1.35. The third kappa shape index (κ3) is 2.52. The number of nitrogens with one attached hydrogen (secondary N) is 1. The molecule has 3 unspecified atom stereocenters. The van der Waals surface area contributed by atoms with E-state index in [2.05, 4.69) is 36.2 Å². The molecule has 2 fully saturated rings. The van der Waals surface area contributed by atoms with Gasteiger partial charge < -0.3 is 4.90 Å². The van der Waals surface area contributed by atoms with Gasteiger partial charge in [-0.3, -0.25) is 10.1 Å². The summed E-state index contributed by atoms with van der Waals surface area (Å²) in [6.07, 6.45) is 3.51. The highest BCUT2D eigenvalue weighted by Crippen LogP contribution is 2.37. The average Bonchev–Trinajstić information content (AvgIpc) is 3.19. The molecule has 0 radical (unpaired) electrons. The number of hydrogen-bond acceptors (Lipinski definition) is 2. The van der Waals surface area contributed by atoms with E-state index in [9.17, 15) is 4.79 Å². The predicted molar refractivity (Wildman–Crippen MR) is 75.6 cm³/mol. The van der Waals surface area contributed by atoms with Crippen molar-refractivity contribution in [1.29, 1.82) is 0 Å². The smallest absolute Gasteiger partial charge is 0.241 e. The van der Waals surface area contributed by atoms with E-state index in [-0.39, 0.29) is 18.1 Å². The molecule has 1 saturated carbocycles. The second-order valence-corrected chi connectivity index (χ2v) is 5.91. The van der Waals surface area contributed by atoms with Crippen molar-refractivity contribution in [2.45, 2.75) is 51.4 Å². The monoisotopic (exact) mass is 258 g/mol. The molecular weight excluding hydrogens is 236 g/mol. The highest BCUT2D eigenvalue weighted by atomic mass is 16.2. The fourth-order valence-electron chi connectivity index (χ4n) is 3.17. The van der Waals surface area contributed by atoms with Gasteiger partial charge in [-0.2, -0.15) is 0 Å². The van der Waals surface area contributed by atoms with Crippen molar-refractivity contribution in [3.05, 3.63) is 35.9 Å². The Kier molecular flexibility index (Phi) is 3.31. The molecule has 1 aliphatic carbocycles. The van der Waals surface area contributed by atoms with Gasteiger partial charge in [0.1, 0.15) is 0 Å². The zero-order chi connectivity index (χ0) is 13.4. The number of hydrogen-bond donors (Lipinski definition) is 1. The molecule has 2 aliphatic rings. The number of amides is 1. The normalized spacial score (nSPS) is 28.7. The topological polar surface area (TPSA) is 32.3 Å². The number of nitrogens with zero attached hydrogens (tertiary/aromatic N) is 1. The molecule has 0 spiro atoms. The van der Waals surface area contributed by atoms with E-state index >= 15 is 0 Å². The van der Waals surface area contributed by atoms with E-state index in [1.54, 1.807) is 0 Å². The Morgan fingerprint density at radius 3 is 2.63 bits per heavy atom. The number of rotatable bonds is 4. The molecule has 1 aromatic carbocycles. The fourth-order valence-corrected chi connectivity index (χ4v) is 3.17. The van der Waals surface area contributed by atoms with Crippen molar-refractivity contribution in [2.24, 2.45) is 5.92 Å².